The minimum absolute atomic E-state index is 0.0198. The summed E-state index contributed by atoms with van der Waals surface area (Å²) < 4.78 is 35.5. The molecule has 0 aliphatic carbocycles. The molecule has 4 heterocycles. The number of nitrogens with zero attached hydrogens (tertiary/aromatic N) is 3. The number of hydrogen-bond acceptors (Lipinski definition) is 20. The molecule has 494 valence electrons. The summed E-state index contributed by atoms with van der Waals surface area (Å²) >= 11 is 6.86. The summed E-state index contributed by atoms with van der Waals surface area (Å²) in [5, 5.41) is 36.7. The van der Waals surface area contributed by atoms with E-state index in [1.54, 1.807) is 52.0 Å². The first kappa shape index (κ1) is 71.3. The highest BCUT2D eigenvalue weighted by atomic mass is 35.5. The molecule has 3 saturated heterocycles. The molecule has 29 heteroatoms. The molecule has 90 heavy (non-hydrogen) atoms. The number of nitrogens with one attached hydrogen (secondary N) is 5. The Balaban J connectivity index is 1.17. The summed E-state index contributed by atoms with van der Waals surface area (Å²) in [5.74, 6) is -7.02. The minimum atomic E-state index is -1.83. The Bertz CT molecular complexity index is 3070. The summed E-state index contributed by atoms with van der Waals surface area (Å²) in [6.45, 7) is 10.2. The third-order valence-corrected chi connectivity index (χ3v) is 16.7. The van der Waals surface area contributed by atoms with E-state index >= 15 is 0 Å². The van der Waals surface area contributed by atoms with Crippen LogP contribution in [0.15, 0.2) is 54.1 Å². The number of benzene rings is 2. The maximum Gasteiger partial charge on any atom is 0.333 e. The quantitative estimate of drug-likeness (QED) is 0.0343. The number of methoxy groups -OCH3 is 3. The molecule has 6 rings (SSSR count). The Morgan fingerprint density at radius 2 is 1.61 bits per heavy atom. The minimum Gasteiger partial charge on any atom is -0.496 e. The molecular formula is C61H84ClN9O19. The van der Waals surface area contributed by atoms with E-state index in [9.17, 15) is 58.2 Å². The number of hydrogen-bond donors (Lipinski definition) is 8. The zero-order valence-electron chi connectivity index (χ0n) is 52.5. The van der Waals surface area contributed by atoms with Crippen LogP contribution >= 0.6 is 11.6 Å². The number of urea groups is 1. The molecule has 0 saturated carbocycles. The molecule has 4 aliphatic rings. The molecule has 4 aliphatic heterocycles. The number of primary amides is 1. The zero-order chi connectivity index (χ0) is 66.5. The number of likely N-dealkylation sites (N-methyl/N-ethyl adjacent to an activating group) is 1. The lowest BCUT2D eigenvalue weighted by molar-refractivity contribution is -0.271. The molecule has 0 radical (unpaired) electrons. The number of epoxide rings is 1. The molecule has 28 nitrogen and oxygen atoms in total. The topological polar surface area (TPSA) is 375 Å². The molecule has 1 unspecified atom stereocenters. The van der Waals surface area contributed by atoms with Gasteiger partial charge in [0, 0.05) is 77.5 Å². The molecule has 9 amide bonds. The van der Waals surface area contributed by atoms with Crippen molar-refractivity contribution >= 4 is 82.3 Å². The number of halogens is 1. The summed E-state index contributed by atoms with van der Waals surface area (Å²) in [5.41, 5.74) is 4.04. The van der Waals surface area contributed by atoms with Gasteiger partial charge in [-0.1, -0.05) is 56.2 Å². The fraction of sp³-hybridized carbons (Fsp3) is 0.574. The van der Waals surface area contributed by atoms with Gasteiger partial charge in [0.25, 0.3) is 17.7 Å². The van der Waals surface area contributed by atoms with Gasteiger partial charge in [-0.25, -0.2) is 19.7 Å². The number of nitrogens with two attached hydrogens (primary N) is 1. The predicted molar refractivity (Wildman–Crippen MR) is 324 cm³/mol. The van der Waals surface area contributed by atoms with Crippen molar-refractivity contribution in [3.8, 4) is 11.5 Å². The Hall–Kier alpha value is -7.73. The number of aliphatic hydroxyl groups excluding tert-OH is 1. The average Bonchev–Trinajstić information content (AvgIpc) is 1.59. The molecule has 11 atom stereocenters. The van der Waals surface area contributed by atoms with Crippen molar-refractivity contribution in [1.82, 2.24) is 31.2 Å². The SMILES string of the molecule is COc1cc(NC(=O)[C@H](CCCNC(N)=O)NC(=O)[C@@H](NC(=O)CCCCC(=O)ON2C(=O)CCC2=O)C(C)C)ccc1C(=O)N(C)[C@@H](C)C(=O)O[C@H]1CC(=O)N(C)c2cc(cc(OC)c2Cl)C/C(C)=C/C=C/[C@@H](OC)[C@@]2(O)C[C@H](OC(O)N2)[C@@H](C)[C@@H]2O[C@@]12C. The number of amides is 9. The number of ether oxygens (including phenoxy) is 6. The second kappa shape index (κ2) is 31.3. The van der Waals surface area contributed by atoms with Crippen LogP contribution in [-0.2, 0) is 68.6 Å². The molecule has 2 aromatic carbocycles. The Morgan fingerprint density at radius 3 is 2.26 bits per heavy atom. The second-order valence-corrected chi connectivity index (χ2v) is 23.7. The van der Waals surface area contributed by atoms with E-state index in [1.165, 1.54) is 65.4 Å². The van der Waals surface area contributed by atoms with Crippen LogP contribution in [0.3, 0.4) is 0 Å². The van der Waals surface area contributed by atoms with Crippen LogP contribution in [0.5, 0.6) is 11.5 Å². The first-order valence-electron chi connectivity index (χ1n) is 29.6. The van der Waals surface area contributed by atoms with E-state index in [0.717, 1.165) is 16.0 Å². The Labute approximate surface area is 527 Å². The third-order valence-electron chi connectivity index (χ3n) is 16.4. The van der Waals surface area contributed by atoms with Crippen LogP contribution in [0.4, 0.5) is 16.2 Å². The number of esters is 1. The summed E-state index contributed by atoms with van der Waals surface area (Å²) in [7, 11) is 7.03. The van der Waals surface area contributed by atoms with Crippen molar-refractivity contribution < 1.29 is 91.4 Å². The highest BCUT2D eigenvalue weighted by Crippen LogP contribution is 2.49. The fourth-order valence-electron chi connectivity index (χ4n) is 10.8. The smallest absolute Gasteiger partial charge is 0.333 e. The van der Waals surface area contributed by atoms with Crippen LogP contribution in [0, 0.1) is 11.8 Å². The number of carbonyl (C=O) groups is 10. The van der Waals surface area contributed by atoms with Crippen molar-refractivity contribution in [3.05, 3.63) is 70.3 Å². The van der Waals surface area contributed by atoms with Crippen molar-refractivity contribution in [2.45, 2.75) is 172 Å². The van der Waals surface area contributed by atoms with Gasteiger partial charge in [0.15, 0.2) is 5.72 Å². The number of rotatable bonds is 23. The van der Waals surface area contributed by atoms with Crippen molar-refractivity contribution in [2.24, 2.45) is 17.6 Å². The number of anilines is 2. The summed E-state index contributed by atoms with van der Waals surface area (Å²) in [4.78, 5) is 139. The fourth-order valence-corrected chi connectivity index (χ4v) is 11.2. The number of allylic oxidation sites excluding steroid dienone is 3. The number of aliphatic hydroxyl groups is 2. The van der Waals surface area contributed by atoms with Crippen molar-refractivity contribution in [3.63, 3.8) is 0 Å². The van der Waals surface area contributed by atoms with E-state index < -0.39 is 138 Å². The van der Waals surface area contributed by atoms with E-state index in [2.05, 4.69) is 26.6 Å². The van der Waals surface area contributed by atoms with Crippen molar-refractivity contribution in [1.29, 1.82) is 0 Å². The maximum atomic E-state index is 14.6. The molecule has 3 fully saturated rings. The van der Waals surface area contributed by atoms with Gasteiger partial charge in [-0.05, 0) is 88.6 Å². The Morgan fingerprint density at radius 1 is 0.933 bits per heavy atom. The van der Waals surface area contributed by atoms with Gasteiger partial charge in [0.05, 0.1) is 44.1 Å². The number of hydroxylamine groups is 2. The van der Waals surface area contributed by atoms with E-state index in [0.29, 0.717) is 22.9 Å². The zero-order valence-corrected chi connectivity index (χ0v) is 53.3. The highest BCUT2D eigenvalue weighted by molar-refractivity contribution is 6.35. The van der Waals surface area contributed by atoms with Crippen LogP contribution in [0.1, 0.15) is 122 Å². The van der Waals surface area contributed by atoms with Gasteiger partial charge in [0.2, 0.25) is 30.0 Å². The molecule has 0 spiro atoms. The van der Waals surface area contributed by atoms with Gasteiger partial charge in [-0.3, -0.25) is 33.6 Å². The normalized spacial score (nSPS) is 25.5. The van der Waals surface area contributed by atoms with Crippen LogP contribution in [0.25, 0.3) is 0 Å². The van der Waals surface area contributed by atoms with Crippen LogP contribution in [-0.4, -0.2) is 182 Å². The lowest BCUT2D eigenvalue weighted by Crippen LogP contribution is -2.65. The molecule has 2 aromatic rings. The van der Waals surface area contributed by atoms with E-state index in [4.69, 9.17) is 50.6 Å². The number of fused-ring (bicyclic) bond motifs is 5. The molecule has 0 aromatic heterocycles. The third kappa shape index (κ3) is 18.0. The molecule has 4 bridgehead atoms. The van der Waals surface area contributed by atoms with Gasteiger partial charge in [-0.15, -0.1) is 5.06 Å². The van der Waals surface area contributed by atoms with Gasteiger partial charge in [0.1, 0.15) is 52.5 Å². The first-order chi connectivity index (χ1) is 42.4. The van der Waals surface area contributed by atoms with Crippen molar-refractivity contribution in [2.75, 3.05) is 52.2 Å². The van der Waals surface area contributed by atoms with Crippen LogP contribution < -0.4 is 46.7 Å². The number of imide groups is 1. The highest BCUT2D eigenvalue weighted by Gasteiger charge is 2.64. The van der Waals surface area contributed by atoms with Gasteiger partial charge in [-0.2, -0.15) is 0 Å². The summed E-state index contributed by atoms with van der Waals surface area (Å²) in [6.07, 6.45) is -0.383. The van der Waals surface area contributed by atoms with Gasteiger partial charge < -0.3 is 80.3 Å². The monoisotopic (exact) mass is 1280 g/mol. The standard InChI is InChI=1S/C61H84ClN9O19/c1-32(2)52(67-46(72)19-12-13-20-50(76)90-71-47(73)23-24-48(71)74)55(78)66-39(17-15-25-64-58(63)81)54(77)65-37-21-22-38(41(29-37)84-9)56(79)69(7)35(5)57(80)88-45-30-49(75)70(8)40-27-36(28-42(85-10)51(40)62)26-33(3)16-14-18-44(86-11)61(83)31-43(87-59(82)68-61)34(4)53-60(45,6)89-53/h14,16,18,21-22,27-29,32,34-35,39,43-45,52-53,59,68,82-83H,12-13,15,17,19-20,23-26,30-31H2,1-11H3,(H,65,77)(H,66,78)(H,67,72)(H3,63,64,81)/b18-14+,33-16+/t34-,35+,39+,43+,44-,45+,52+,53+,59?,60+,61+/m1/s1. The molecule has 9 N–H and O–H groups in total. The van der Waals surface area contributed by atoms with E-state index in [1.807, 2.05) is 13.0 Å². The van der Waals surface area contributed by atoms with E-state index in [-0.39, 0.29) is 86.4 Å². The largest absolute Gasteiger partial charge is 0.496 e. The number of unbranched alkanes of at least 4 members (excludes halogenated alkanes) is 1. The average molecular weight is 1280 g/mol. The summed E-state index contributed by atoms with van der Waals surface area (Å²) in [6, 6.07) is 3.08. The van der Waals surface area contributed by atoms with Gasteiger partial charge >= 0.3 is 18.0 Å². The maximum absolute atomic E-state index is 14.6. The lowest BCUT2D eigenvalue weighted by atomic mass is 9.83. The Kier molecular flexibility index (Phi) is 24.8. The molecular weight excluding hydrogens is 1200 g/mol. The number of carbonyl (C=O) groups excluding carboxylic acids is 10. The first-order valence-corrected chi connectivity index (χ1v) is 30.0. The predicted octanol–water partition coefficient (Wildman–Crippen LogP) is 3.17. The van der Waals surface area contributed by atoms with Crippen LogP contribution in [0.2, 0.25) is 5.02 Å². The lowest BCUT2D eigenvalue weighted by Gasteiger charge is -2.44. The second-order valence-electron chi connectivity index (χ2n) is 23.4.